The molecule has 1 aromatic carbocycles. The normalized spacial score (nSPS) is 17.1. The highest BCUT2D eigenvalue weighted by atomic mass is 32.2. The molecule has 0 aromatic heterocycles. The first-order valence-corrected chi connectivity index (χ1v) is 7.76. The van der Waals surface area contributed by atoms with Crippen LogP contribution in [0, 0.1) is 11.3 Å². The van der Waals surface area contributed by atoms with E-state index in [9.17, 15) is 15.2 Å². The second kappa shape index (κ2) is 6.67. The number of hydrogen-bond acceptors (Lipinski definition) is 4. The van der Waals surface area contributed by atoms with Crippen molar-refractivity contribution < 1.29 is 9.90 Å². The van der Waals surface area contributed by atoms with E-state index in [1.165, 1.54) is 11.8 Å². The summed E-state index contributed by atoms with van der Waals surface area (Å²) in [6.07, 6.45) is 4.64. The molecule has 106 valence electrons. The van der Waals surface area contributed by atoms with Crippen molar-refractivity contribution in [2.24, 2.45) is 0 Å². The topological polar surface area (TPSA) is 73.1 Å². The van der Waals surface area contributed by atoms with E-state index in [-0.39, 0.29) is 17.4 Å². The fourth-order valence-corrected chi connectivity index (χ4v) is 3.11. The maximum Gasteiger partial charge on any atom is 0.231 e. The Morgan fingerprint density at radius 3 is 2.55 bits per heavy atom. The van der Waals surface area contributed by atoms with Crippen LogP contribution in [0.15, 0.2) is 29.2 Å². The Morgan fingerprint density at radius 1 is 1.30 bits per heavy atom. The van der Waals surface area contributed by atoms with Crippen molar-refractivity contribution in [3.8, 4) is 11.8 Å². The quantitative estimate of drug-likeness (QED) is 0.836. The van der Waals surface area contributed by atoms with Gasteiger partial charge >= 0.3 is 0 Å². The maximum atomic E-state index is 12.0. The van der Waals surface area contributed by atoms with Crippen LogP contribution < -0.4 is 5.32 Å². The first-order valence-electron chi connectivity index (χ1n) is 6.78. The number of phenolic OH excluding ortho intramolecular Hbond substituents is 1. The lowest BCUT2D eigenvalue weighted by Crippen LogP contribution is -2.49. The molecule has 0 radical (unpaired) electrons. The van der Waals surface area contributed by atoms with E-state index in [0.29, 0.717) is 0 Å². The van der Waals surface area contributed by atoms with E-state index in [1.54, 1.807) is 24.3 Å². The first-order chi connectivity index (χ1) is 9.63. The number of thioether (sulfide) groups is 1. The summed E-state index contributed by atoms with van der Waals surface area (Å²) in [6, 6.07) is 9.01. The van der Waals surface area contributed by atoms with Gasteiger partial charge < -0.3 is 10.4 Å². The molecule has 0 saturated heterocycles. The van der Waals surface area contributed by atoms with Gasteiger partial charge in [0.2, 0.25) is 5.91 Å². The fraction of sp³-hybridized carbons (Fsp3) is 0.467. The van der Waals surface area contributed by atoms with Crippen LogP contribution >= 0.6 is 11.8 Å². The van der Waals surface area contributed by atoms with E-state index in [0.717, 1.165) is 37.0 Å². The number of amides is 1. The minimum absolute atomic E-state index is 0.105. The molecular weight excluding hydrogens is 272 g/mol. The van der Waals surface area contributed by atoms with Crippen LogP contribution in [-0.4, -0.2) is 22.3 Å². The van der Waals surface area contributed by atoms with E-state index < -0.39 is 5.54 Å². The zero-order chi connectivity index (χ0) is 14.4. The highest BCUT2D eigenvalue weighted by Gasteiger charge is 2.33. The Balaban J connectivity index is 1.85. The summed E-state index contributed by atoms with van der Waals surface area (Å²) in [5, 5.41) is 21.4. The number of phenols is 1. The Morgan fingerprint density at radius 2 is 1.95 bits per heavy atom. The molecule has 0 unspecified atom stereocenters. The minimum Gasteiger partial charge on any atom is -0.508 e. The molecule has 1 aliphatic rings. The van der Waals surface area contributed by atoms with Crippen molar-refractivity contribution in [1.29, 1.82) is 5.26 Å². The Labute approximate surface area is 123 Å². The lowest BCUT2D eigenvalue weighted by Gasteiger charge is -2.31. The number of nitriles is 1. The Bertz CT molecular complexity index is 502. The summed E-state index contributed by atoms with van der Waals surface area (Å²) >= 11 is 1.40. The number of nitrogens with one attached hydrogen (secondary N) is 1. The van der Waals surface area contributed by atoms with Crippen LogP contribution in [-0.2, 0) is 4.79 Å². The summed E-state index contributed by atoms with van der Waals surface area (Å²) in [4.78, 5) is 12.9. The van der Waals surface area contributed by atoms with Crippen molar-refractivity contribution in [2.45, 2.75) is 42.5 Å². The Kier molecular flexibility index (Phi) is 4.91. The van der Waals surface area contributed by atoms with Crippen LogP contribution in [0.5, 0.6) is 5.75 Å². The third-order valence-corrected chi connectivity index (χ3v) is 4.52. The molecule has 1 aromatic rings. The van der Waals surface area contributed by atoms with Crippen LogP contribution in [0.4, 0.5) is 0 Å². The summed E-state index contributed by atoms with van der Waals surface area (Å²) in [5.74, 6) is 0.393. The zero-order valence-electron chi connectivity index (χ0n) is 11.3. The summed E-state index contributed by atoms with van der Waals surface area (Å²) in [6.45, 7) is 0. The van der Waals surface area contributed by atoms with Crippen molar-refractivity contribution in [1.82, 2.24) is 5.32 Å². The number of carbonyl (C=O) groups excluding carboxylic acids is 1. The molecule has 2 N–H and O–H groups in total. The molecule has 4 nitrogen and oxygen atoms in total. The average molecular weight is 290 g/mol. The van der Waals surface area contributed by atoms with Gasteiger partial charge in [0.1, 0.15) is 11.3 Å². The number of carbonyl (C=O) groups is 1. The van der Waals surface area contributed by atoms with Crippen molar-refractivity contribution in [3.63, 3.8) is 0 Å². The first kappa shape index (κ1) is 14.7. The molecule has 1 fully saturated rings. The lowest BCUT2D eigenvalue weighted by molar-refractivity contribution is -0.120. The summed E-state index contributed by atoms with van der Waals surface area (Å²) in [5.41, 5.74) is -0.662. The van der Waals surface area contributed by atoms with Gasteiger partial charge in [0.15, 0.2) is 0 Å². The molecule has 1 amide bonds. The van der Waals surface area contributed by atoms with Gasteiger partial charge in [-0.1, -0.05) is 19.3 Å². The predicted octanol–water partition coefficient (Wildman–Crippen LogP) is 2.83. The van der Waals surface area contributed by atoms with Crippen LogP contribution in [0.2, 0.25) is 0 Å². The summed E-state index contributed by atoms with van der Waals surface area (Å²) in [7, 11) is 0. The molecule has 20 heavy (non-hydrogen) atoms. The third-order valence-electron chi connectivity index (χ3n) is 3.51. The Hall–Kier alpha value is -1.67. The number of nitrogens with zero attached hydrogens (tertiary/aromatic N) is 1. The predicted molar refractivity (Wildman–Crippen MR) is 78.4 cm³/mol. The number of hydrogen-bond donors (Lipinski definition) is 2. The van der Waals surface area contributed by atoms with Gasteiger partial charge in [0.05, 0.1) is 11.8 Å². The van der Waals surface area contributed by atoms with E-state index in [2.05, 4.69) is 11.4 Å². The number of benzene rings is 1. The largest absolute Gasteiger partial charge is 0.508 e. The lowest BCUT2D eigenvalue weighted by atomic mass is 9.83. The molecule has 0 bridgehead atoms. The van der Waals surface area contributed by atoms with Crippen LogP contribution in [0.3, 0.4) is 0 Å². The van der Waals surface area contributed by atoms with Crippen LogP contribution in [0.25, 0.3) is 0 Å². The van der Waals surface area contributed by atoms with Crippen molar-refractivity contribution >= 4 is 17.7 Å². The third kappa shape index (κ3) is 3.91. The molecule has 5 heteroatoms. The van der Waals surface area contributed by atoms with Gasteiger partial charge in [0.25, 0.3) is 0 Å². The molecule has 0 heterocycles. The molecule has 1 saturated carbocycles. The van der Waals surface area contributed by atoms with Gasteiger partial charge in [-0.25, -0.2) is 0 Å². The van der Waals surface area contributed by atoms with E-state index >= 15 is 0 Å². The van der Waals surface area contributed by atoms with E-state index in [4.69, 9.17) is 0 Å². The second-order valence-electron chi connectivity index (χ2n) is 5.09. The average Bonchev–Trinajstić information content (AvgIpc) is 2.47. The molecule has 1 aliphatic carbocycles. The molecule has 0 aliphatic heterocycles. The van der Waals surface area contributed by atoms with Gasteiger partial charge in [-0.2, -0.15) is 5.26 Å². The van der Waals surface area contributed by atoms with Gasteiger partial charge in [-0.15, -0.1) is 11.8 Å². The van der Waals surface area contributed by atoms with Gasteiger partial charge in [0, 0.05) is 4.90 Å². The smallest absolute Gasteiger partial charge is 0.231 e. The number of aromatic hydroxyl groups is 1. The zero-order valence-corrected chi connectivity index (χ0v) is 12.1. The molecule has 0 spiro atoms. The monoisotopic (exact) mass is 290 g/mol. The van der Waals surface area contributed by atoms with Crippen molar-refractivity contribution in [3.05, 3.63) is 24.3 Å². The molecule has 2 rings (SSSR count). The summed E-state index contributed by atoms with van der Waals surface area (Å²) < 4.78 is 0. The molecular formula is C15H18N2O2S. The molecule has 0 atom stereocenters. The minimum atomic E-state index is -0.662. The van der Waals surface area contributed by atoms with Crippen LogP contribution in [0.1, 0.15) is 32.1 Å². The number of rotatable bonds is 4. The second-order valence-corrected chi connectivity index (χ2v) is 6.13. The van der Waals surface area contributed by atoms with E-state index in [1.807, 2.05) is 0 Å². The van der Waals surface area contributed by atoms with Gasteiger partial charge in [-0.3, -0.25) is 4.79 Å². The maximum absolute atomic E-state index is 12.0. The van der Waals surface area contributed by atoms with Gasteiger partial charge in [-0.05, 0) is 37.1 Å². The SMILES string of the molecule is N#CC1(NC(=O)CSc2ccc(O)cc2)CCCCC1. The fourth-order valence-electron chi connectivity index (χ4n) is 2.41. The standard InChI is InChI=1S/C15H18N2O2S/c16-11-15(8-2-1-3-9-15)17-14(19)10-20-13-6-4-12(18)5-7-13/h4-7,18H,1-3,8-10H2,(H,17,19). The highest BCUT2D eigenvalue weighted by molar-refractivity contribution is 8.00. The van der Waals surface area contributed by atoms with Crippen molar-refractivity contribution in [2.75, 3.05) is 5.75 Å². The highest BCUT2D eigenvalue weighted by Crippen LogP contribution is 2.28.